The van der Waals surface area contributed by atoms with Gasteiger partial charge in [-0.15, -0.1) is 11.3 Å². The Kier molecular flexibility index (Phi) is 7.99. The standard InChI is InChI=1S/C36H27BrO3S/c37-30-23-28(19-20-31(30)40-32(36(38)39)21-24-9-3-1-4-10-24)26-15-17-27(18-16-26)35-29-13-7-8-14-33(29)41-34(35)22-25-11-5-2-6-12-25/h1-20,23,32H,21-22H2,(H,38,39)/t32-/m1/s1. The first-order valence-electron chi connectivity index (χ1n) is 13.4. The predicted molar refractivity (Wildman–Crippen MR) is 172 cm³/mol. The number of thiophene rings is 1. The summed E-state index contributed by atoms with van der Waals surface area (Å²) in [4.78, 5) is 13.3. The lowest BCUT2D eigenvalue weighted by molar-refractivity contribution is -0.145. The molecular formula is C36H27BrO3S. The van der Waals surface area contributed by atoms with Crippen LogP contribution in [0.5, 0.6) is 5.75 Å². The fraction of sp³-hybridized carbons (Fsp3) is 0.0833. The summed E-state index contributed by atoms with van der Waals surface area (Å²) in [7, 11) is 0. The molecule has 0 bridgehead atoms. The molecule has 41 heavy (non-hydrogen) atoms. The molecule has 0 saturated heterocycles. The number of hydrogen-bond acceptors (Lipinski definition) is 3. The van der Waals surface area contributed by atoms with E-state index in [-0.39, 0.29) is 6.42 Å². The zero-order valence-electron chi connectivity index (χ0n) is 22.2. The predicted octanol–water partition coefficient (Wildman–Crippen LogP) is 9.66. The number of fused-ring (bicyclic) bond motifs is 1. The second kappa shape index (κ2) is 12.1. The van der Waals surface area contributed by atoms with Gasteiger partial charge in [0.05, 0.1) is 4.47 Å². The Bertz CT molecular complexity index is 1790. The van der Waals surface area contributed by atoms with Crippen LogP contribution in [0.4, 0.5) is 0 Å². The van der Waals surface area contributed by atoms with Gasteiger partial charge in [-0.25, -0.2) is 4.79 Å². The van der Waals surface area contributed by atoms with E-state index in [0.717, 1.165) is 23.1 Å². The zero-order valence-corrected chi connectivity index (χ0v) is 24.6. The van der Waals surface area contributed by atoms with Crippen LogP contribution in [0.2, 0.25) is 0 Å². The fourth-order valence-corrected chi connectivity index (χ4v) is 6.82. The van der Waals surface area contributed by atoms with E-state index in [4.69, 9.17) is 4.74 Å². The normalized spacial score (nSPS) is 11.8. The van der Waals surface area contributed by atoms with Crippen LogP contribution in [0, 0.1) is 0 Å². The average molecular weight is 620 g/mol. The van der Waals surface area contributed by atoms with Gasteiger partial charge in [0.2, 0.25) is 0 Å². The smallest absolute Gasteiger partial charge is 0.345 e. The van der Waals surface area contributed by atoms with Crippen molar-refractivity contribution >= 4 is 43.3 Å². The summed E-state index contributed by atoms with van der Waals surface area (Å²) in [6.45, 7) is 0. The van der Waals surface area contributed by atoms with E-state index in [2.05, 4.69) is 94.8 Å². The third-order valence-electron chi connectivity index (χ3n) is 7.12. The minimum Gasteiger partial charge on any atom is -0.478 e. The maximum atomic E-state index is 11.9. The molecular weight excluding hydrogens is 592 g/mol. The zero-order chi connectivity index (χ0) is 28.2. The molecule has 6 rings (SSSR count). The third kappa shape index (κ3) is 6.12. The van der Waals surface area contributed by atoms with Gasteiger partial charge in [0.15, 0.2) is 6.10 Å². The van der Waals surface area contributed by atoms with Crippen molar-refractivity contribution in [2.24, 2.45) is 0 Å². The number of aliphatic carboxylic acids is 1. The number of hydrogen-bond donors (Lipinski definition) is 1. The van der Waals surface area contributed by atoms with Gasteiger partial charge >= 0.3 is 5.97 Å². The van der Waals surface area contributed by atoms with E-state index < -0.39 is 12.1 Å². The van der Waals surface area contributed by atoms with Crippen molar-refractivity contribution < 1.29 is 14.6 Å². The highest BCUT2D eigenvalue weighted by Crippen LogP contribution is 2.41. The lowest BCUT2D eigenvalue weighted by atomic mass is 9.96. The van der Waals surface area contributed by atoms with E-state index in [1.165, 1.54) is 31.7 Å². The van der Waals surface area contributed by atoms with Gasteiger partial charge in [-0.1, -0.05) is 109 Å². The summed E-state index contributed by atoms with van der Waals surface area (Å²) in [5, 5.41) is 11.0. The summed E-state index contributed by atoms with van der Waals surface area (Å²) >= 11 is 5.47. The lowest BCUT2D eigenvalue weighted by Crippen LogP contribution is -2.29. The van der Waals surface area contributed by atoms with Crippen LogP contribution in [-0.4, -0.2) is 17.2 Å². The second-order valence-electron chi connectivity index (χ2n) is 9.92. The first kappa shape index (κ1) is 27.0. The van der Waals surface area contributed by atoms with Gasteiger partial charge in [-0.05, 0) is 61.9 Å². The van der Waals surface area contributed by atoms with E-state index in [1.807, 2.05) is 59.9 Å². The van der Waals surface area contributed by atoms with Gasteiger partial charge in [0.25, 0.3) is 0 Å². The molecule has 0 saturated carbocycles. The Morgan fingerprint density at radius 3 is 2.02 bits per heavy atom. The van der Waals surface area contributed by atoms with E-state index in [0.29, 0.717) is 10.2 Å². The maximum absolute atomic E-state index is 11.9. The molecule has 1 atom stereocenters. The van der Waals surface area contributed by atoms with Crippen LogP contribution in [0.15, 0.2) is 132 Å². The van der Waals surface area contributed by atoms with Crippen molar-refractivity contribution in [3.63, 3.8) is 0 Å². The topological polar surface area (TPSA) is 46.5 Å². The number of rotatable bonds is 9. The first-order valence-corrected chi connectivity index (χ1v) is 15.0. The maximum Gasteiger partial charge on any atom is 0.345 e. The Morgan fingerprint density at radius 2 is 1.34 bits per heavy atom. The molecule has 5 heteroatoms. The molecule has 0 amide bonds. The van der Waals surface area contributed by atoms with Gasteiger partial charge in [0, 0.05) is 33.4 Å². The van der Waals surface area contributed by atoms with Crippen molar-refractivity contribution in [3.8, 4) is 28.0 Å². The number of carbonyl (C=O) groups is 1. The molecule has 0 radical (unpaired) electrons. The molecule has 1 heterocycles. The van der Waals surface area contributed by atoms with Crippen LogP contribution in [0.1, 0.15) is 16.0 Å². The van der Waals surface area contributed by atoms with Gasteiger partial charge in [-0.3, -0.25) is 0 Å². The monoisotopic (exact) mass is 618 g/mol. The third-order valence-corrected chi connectivity index (χ3v) is 8.91. The Hall–Kier alpha value is -4.19. The molecule has 0 aliphatic heterocycles. The Labute approximate surface area is 251 Å². The Balaban J connectivity index is 1.25. The number of benzene rings is 5. The van der Waals surface area contributed by atoms with Crippen LogP contribution in [0.25, 0.3) is 32.3 Å². The van der Waals surface area contributed by atoms with Gasteiger partial charge in [-0.2, -0.15) is 0 Å². The molecule has 3 nitrogen and oxygen atoms in total. The number of ether oxygens (including phenoxy) is 1. The van der Waals surface area contributed by atoms with Crippen molar-refractivity contribution in [2.75, 3.05) is 0 Å². The lowest BCUT2D eigenvalue weighted by Gasteiger charge is -2.17. The SMILES string of the molecule is O=C(O)[C@@H](Cc1ccccc1)Oc1ccc(-c2ccc(-c3c(Cc4ccccc4)sc4ccccc34)cc2)cc1Br. The van der Waals surface area contributed by atoms with Crippen molar-refractivity contribution in [3.05, 3.63) is 148 Å². The second-order valence-corrected chi connectivity index (χ2v) is 11.9. The molecule has 0 spiro atoms. The molecule has 5 aromatic carbocycles. The van der Waals surface area contributed by atoms with Gasteiger partial charge < -0.3 is 9.84 Å². The van der Waals surface area contributed by atoms with Crippen molar-refractivity contribution in [2.45, 2.75) is 18.9 Å². The summed E-state index contributed by atoms with van der Waals surface area (Å²) in [5.41, 5.74) is 6.80. The summed E-state index contributed by atoms with van der Waals surface area (Å²) in [5.74, 6) is -0.489. The largest absolute Gasteiger partial charge is 0.478 e. The summed E-state index contributed by atoms with van der Waals surface area (Å²) in [6, 6.07) is 43.2. The highest BCUT2D eigenvalue weighted by molar-refractivity contribution is 9.10. The molecule has 0 aliphatic carbocycles. The van der Waals surface area contributed by atoms with E-state index >= 15 is 0 Å². The van der Waals surface area contributed by atoms with Crippen molar-refractivity contribution in [1.82, 2.24) is 0 Å². The van der Waals surface area contributed by atoms with Crippen LogP contribution in [0.3, 0.4) is 0 Å². The Morgan fingerprint density at radius 1 is 0.732 bits per heavy atom. The van der Waals surface area contributed by atoms with Crippen LogP contribution in [-0.2, 0) is 17.6 Å². The molecule has 202 valence electrons. The molecule has 0 fully saturated rings. The van der Waals surface area contributed by atoms with Crippen molar-refractivity contribution in [1.29, 1.82) is 0 Å². The van der Waals surface area contributed by atoms with E-state index in [1.54, 1.807) is 0 Å². The summed E-state index contributed by atoms with van der Waals surface area (Å²) < 4.78 is 7.94. The highest BCUT2D eigenvalue weighted by Gasteiger charge is 2.21. The average Bonchev–Trinajstić information content (AvgIpc) is 3.36. The molecule has 6 aromatic rings. The number of carboxylic acids is 1. The van der Waals surface area contributed by atoms with E-state index in [9.17, 15) is 9.90 Å². The van der Waals surface area contributed by atoms with Crippen LogP contribution >= 0.6 is 27.3 Å². The summed E-state index contributed by atoms with van der Waals surface area (Å²) in [6.07, 6.45) is 0.201. The number of carboxylic acid groups (broad SMARTS) is 1. The molecule has 0 unspecified atom stereocenters. The highest BCUT2D eigenvalue weighted by atomic mass is 79.9. The number of halogens is 1. The fourth-order valence-electron chi connectivity index (χ4n) is 5.08. The quantitative estimate of drug-likeness (QED) is 0.175. The molecule has 1 aromatic heterocycles. The first-order chi connectivity index (χ1) is 20.0. The van der Waals surface area contributed by atoms with Gasteiger partial charge in [0.1, 0.15) is 5.75 Å². The molecule has 1 N–H and O–H groups in total. The minimum atomic E-state index is -0.993. The molecule has 0 aliphatic rings. The van der Waals surface area contributed by atoms with Crippen LogP contribution < -0.4 is 4.74 Å². The minimum absolute atomic E-state index is 0.287.